The fraction of sp³-hybridized carbons (Fsp3) is 0.579. The number of benzene rings is 1. The van der Waals surface area contributed by atoms with E-state index in [0.29, 0.717) is 5.92 Å². The van der Waals surface area contributed by atoms with E-state index in [1.54, 1.807) is 7.11 Å². The SMILES string of the molecule is COc1ccc(N2CCC([C@]3(NC(=O)CNC(=O)O)CCNC3)CC2)cc1. The lowest BCUT2D eigenvalue weighted by Crippen LogP contribution is -2.59. The standard InChI is InChI=1S/C19H28N4O4/c1-27-16-4-2-15(3-5-16)23-10-6-14(7-11-23)19(8-9-20-13-19)22-17(24)12-21-18(25)26/h2-5,14,20-21H,6-13H2,1H3,(H,22,24)(H,25,26)/t19-/m0/s1. The number of hydrogen-bond donors (Lipinski definition) is 4. The molecule has 2 heterocycles. The quantitative estimate of drug-likeness (QED) is 0.591. The van der Waals surface area contributed by atoms with Gasteiger partial charge in [0.05, 0.1) is 12.6 Å². The second-order valence-electron chi connectivity index (χ2n) is 7.25. The Bertz CT molecular complexity index is 650. The van der Waals surface area contributed by atoms with Gasteiger partial charge in [-0.2, -0.15) is 0 Å². The number of nitrogens with zero attached hydrogens (tertiary/aromatic N) is 1. The van der Waals surface area contributed by atoms with Gasteiger partial charge in [-0.3, -0.25) is 4.79 Å². The molecule has 0 aromatic heterocycles. The number of carbonyl (C=O) groups excluding carboxylic acids is 1. The van der Waals surface area contributed by atoms with Crippen molar-refractivity contribution < 1.29 is 19.4 Å². The fourth-order valence-corrected chi connectivity index (χ4v) is 4.23. The third-order valence-electron chi connectivity index (χ3n) is 5.69. The van der Waals surface area contributed by atoms with Crippen LogP contribution < -0.4 is 25.6 Å². The maximum atomic E-state index is 12.2. The Balaban J connectivity index is 1.59. The van der Waals surface area contributed by atoms with Crippen molar-refractivity contribution in [1.29, 1.82) is 0 Å². The van der Waals surface area contributed by atoms with Crippen molar-refractivity contribution >= 4 is 17.7 Å². The molecule has 2 aliphatic heterocycles. The van der Waals surface area contributed by atoms with Crippen molar-refractivity contribution in [1.82, 2.24) is 16.0 Å². The highest BCUT2D eigenvalue weighted by molar-refractivity contribution is 5.82. The first-order valence-corrected chi connectivity index (χ1v) is 9.40. The van der Waals surface area contributed by atoms with Gasteiger partial charge in [0.2, 0.25) is 5.91 Å². The summed E-state index contributed by atoms with van der Waals surface area (Å²) in [6.07, 6.45) is 1.66. The summed E-state index contributed by atoms with van der Waals surface area (Å²) >= 11 is 0. The summed E-state index contributed by atoms with van der Waals surface area (Å²) in [6.45, 7) is 3.26. The Morgan fingerprint density at radius 2 is 2.00 bits per heavy atom. The number of nitrogens with one attached hydrogen (secondary N) is 3. The monoisotopic (exact) mass is 376 g/mol. The van der Waals surface area contributed by atoms with Crippen molar-refractivity contribution in [2.24, 2.45) is 5.92 Å². The van der Waals surface area contributed by atoms with Crippen molar-refractivity contribution in [3.05, 3.63) is 24.3 Å². The highest BCUT2D eigenvalue weighted by Crippen LogP contribution is 2.34. The average molecular weight is 376 g/mol. The molecule has 1 atom stereocenters. The van der Waals surface area contributed by atoms with E-state index in [-0.39, 0.29) is 18.0 Å². The lowest BCUT2D eigenvalue weighted by Gasteiger charge is -2.43. The number of carbonyl (C=O) groups is 2. The molecular formula is C19H28N4O4. The Kier molecular flexibility index (Phi) is 6.05. The first kappa shape index (κ1) is 19.3. The summed E-state index contributed by atoms with van der Waals surface area (Å²) in [6, 6.07) is 8.09. The Morgan fingerprint density at radius 1 is 1.30 bits per heavy atom. The van der Waals surface area contributed by atoms with Gasteiger partial charge in [-0.25, -0.2) is 4.79 Å². The van der Waals surface area contributed by atoms with Gasteiger partial charge >= 0.3 is 6.09 Å². The van der Waals surface area contributed by atoms with Crippen LogP contribution in [0.25, 0.3) is 0 Å². The summed E-state index contributed by atoms with van der Waals surface area (Å²) in [5, 5.41) is 17.3. The van der Waals surface area contributed by atoms with Crippen molar-refractivity contribution in [3.63, 3.8) is 0 Å². The minimum atomic E-state index is -1.18. The summed E-state index contributed by atoms with van der Waals surface area (Å²) in [4.78, 5) is 25.2. The molecule has 8 heteroatoms. The Labute approximate surface area is 159 Å². The molecule has 4 N–H and O–H groups in total. The molecule has 1 aromatic rings. The van der Waals surface area contributed by atoms with Gasteiger partial charge in [-0.15, -0.1) is 0 Å². The van der Waals surface area contributed by atoms with E-state index in [9.17, 15) is 9.59 Å². The first-order chi connectivity index (χ1) is 13.0. The van der Waals surface area contributed by atoms with Gasteiger partial charge in [0.15, 0.2) is 0 Å². The second kappa shape index (κ2) is 8.47. The van der Waals surface area contributed by atoms with Crippen LogP contribution in [0.5, 0.6) is 5.75 Å². The number of piperidine rings is 1. The number of amides is 2. The van der Waals surface area contributed by atoms with E-state index in [4.69, 9.17) is 9.84 Å². The van der Waals surface area contributed by atoms with Crippen molar-refractivity contribution in [2.75, 3.05) is 44.7 Å². The van der Waals surface area contributed by atoms with Gasteiger partial charge in [-0.05, 0) is 56.0 Å². The fourth-order valence-electron chi connectivity index (χ4n) is 4.23. The molecule has 0 radical (unpaired) electrons. The molecule has 0 spiro atoms. The first-order valence-electron chi connectivity index (χ1n) is 9.40. The average Bonchev–Trinajstić information content (AvgIpc) is 3.16. The van der Waals surface area contributed by atoms with E-state index in [0.717, 1.165) is 51.2 Å². The highest BCUT2D eigenvalue weighted by atomic mass is 16.5. The third kappa shape index (κ3) is 4.63. The van der Waals surface area contributed by atoms with Crippen LogP contribution in [0.3, 0.4) is 0 Å². The van der Waals surface area contributed by atoms with E-state index in [2.05, 4.69) is 33.0 Å². The molecular weight excluding hydrogens is 348 g/mol. The predicted molar refractivity (Wildman–Crippen MR) is 102 cm³/mol. The maximum absolute atomic E-state index is 12.2. The zero-order chi connectivity index (χ0) is 19.3. The van der Waals surface area contributed by atoms with Gasteiger partial charge in [0.1, 0.15) is 12.3 Å². The van der Waals surface area contributed by atoms with Gasteiger partial charge in [-0.1, -0.05) is 0 Å². The van der Waals surface area contributed by atoms with Crippen LogP contribution in [0.15, 0.2) is 24.3 Å². The Morgan fingerprint density at radius 3 is 2.56 bits per heavy atom. The Hall–Kier alpha value is -2.48. The third-order valence-corrected chi connectivity index (χ3v) is 5.69. The van der Waals surface area contributed by atoms with Crippen LogP contribution >= 0.6 is 0 Å². The smallest absolute Gasteiger partial charge is 0.405 e. The van der Waals surface area contributed by atoms with Crippen LogP contribution in [0.2, 0.25) is 0 Å². The van der Waals surface area contributed by atoms with E-state index >= 15 is 0 Å². The van der Waals surface area contributed by atoms with E-state index in [1.165, 1.54) is 5.69 Å². The molecule has 27 heavy (non-hydrogen) atoms. The van der Waals surface area contributed by atoms with Gasteiger partial charge in [0.25, 0.3) is 0 Å². The summed E-state index contributed by atoms with van der Waals surface area (Å²) in [5.41, 5.74) is 0.894. The number of rotatable bonds is 6. The predicted octanol–water partition coefficient (Wildman–Crippen LogP) is 1.03. The van der Waals surface area contributed by atoms with E-state index in [1.807, 2.05) is 12.1 Å². The number of anilines is 1. The van der Waals surface area contributed by atoms with Gasteiger partial charge < -0.3 is 30.7 Å². The molecule has 0 saturated carbocycles. The highest BCUT2D eigenvalue weighted by Gasteiger charge is 2.43. The second-order valence-corrected chi connectivity index (χ2v) is 7.25. The van der Waals surface area contributed by atoms with Crippen LogP contribution in [-0.2, 0) is 4.79 Å². The van der Waals surface area contributed by atoms with Crippen LogP contribution in [0.1, 0.15) is 19.3 Å². The van der Waals surface area contributed by atoms with Gasteiger partial charge in [0, 0.05) is 25.3 Å². The molecule has 0 unspecified atom stereocenters. The minimum absolute atomic E-state index is 0.207. The topological polar surface area (TPSA) is 103 Å². The number of methoxy groups -OCH3 is 1. The number of ether oxygens (including phenoxy) is 1. The minimum Gasteiger partial charge on any atom is -0.497 e. The number of carboxylic acid groups (broad SMARTS) is 1. The lowest BCUT2D eigenvalue weighted by molar-refractivity contribution is -0.122. The molecule has 3 rings (SSSR count). The zero-order valence-electron chi connectivity index (χ0n) is 15.7. The van der Waals surface area contributed by atoms with Crippen LogP contribution in [0, 0.1) is 5.92 Å². The largest absolute Gasteiger partial charge is 0.497 e. The van der Waals surface area contributed by atoms with Crippen LogP contribution in [0.4, 0.5) is 10.5 Å². The zero-order valence-corrected chi connectivity index (χ0v) is 15.7. The molecule has 2 saturated heterocycles. The number of hydrogen-bond acceptors (Lipinski definition) is 5. The lowest BCUT2D eigenvalue weighted by atomic mass is 9.76. The normalized spacial score (nSPS) is 23.1. The molecule has 148 valence electrons. The summed E-state index contributed by atoms with van der Waals surface area (Å²) < 4.78 is 5.22. The summed E-state index contributed by atoms with van der Waals surface area (Å²) in [7, 11) is 1.66. The molecule has 2 aliphatic rings. The maximum Gasteiger partial charge on any atom is 0.405 e. The molecule has 8 nitrogen and oxygen atoms in total. The molecule has 1 aromatic carbocycles. The van der Waals surface area contributed by atoms with Crippen molar-refractivity contribution in [2.45, 2.75) is 24.8 Å². The van der Waals surface area contributed by atoms with E-state index < -0.39 is 6.09 Å². The molecule has 2 amide bonds. The van der Waals surface area contributed by atoms with Crippen molar-refractivity contribution in [3.8, 4) is 5.75 Å². The molecule has 2 fully saturated rings. The molecule has 0 aliphatic carbocycles. The van der Waals surface area contributed by atoms with Crippen LogP contribution in [-0.4, -0.2) is 62.5 Å². The summed E-state index contributed by atoms with van der Waals surface area (Å²) in [5.74, 6) is 0.955. The molecule has 0 bridgehead atoms.